The number of hydrogen-bond acceptors (Lipinski definition) is 4. The molecule has 0 saturated carbocycles. The molecule has 1 amide bonds. The molecule has 0 saturated heterocycles. The maximum atomic E-state index is 11.2. The average molecular weight is 194 g/mol. The number of primary amides is 1. The molecule has 0 aliphatic heterocycles. The Bertz CT molecular complexity index is 324. The number of nitrogens with two attached hydrogens (primary N) is 1. The Morgan fingerprint density at radius 3 is 2.50 bits per heavy atom. The third kappa shape index (κ3) is 3.24. The normalized spacial score (nSPS) is 9.43. The first-order valence-corrected chi connectivity index (χ1v) is 3.97. The first-order valence-electron chi connectivity index (χ1n) is 3.97. The maximum Gasteiger partial charge on any atom is 0.356 e. The molecule has 0 aliphatic carbocycles. The summed E-state index contributed by atoms with van der Waals surface area (Å²) in [4.78, 5) is 26.0. The van der Waals surface area contributed by atoms with Gasteiger partial charge in [-0.3, -0.25) is 4.79 Å². The minimum atomic E-state index is -0.592. The summed E-state index contributed by atoms with van der Waals surface area (Å²) in [6, 6.07) is 8.42. The predicted molar refractivity (Wildman–Crippen MR) is 49.1 cm³/mol. The third-order valence-electron chi connectivity index (χ3n) is 1.42. The molecule has 0 heterocycles. The Labute approximate surface area is 80.8 Å². The molecule has 5 heteroatoms. The number of benzene rings is 1. The monoisotopic (exact) mass is 194 g/mol. The highest BCUT2D eigenvalue weighted by molar-refractivity contribution is 5.89. The van der Waals surface area contributed by atoms with Crippen molar-refractivity contribution in [1.82, 2.24) is 5.48 Å². The molecule has 1 aromatic rings. The van der Waals surface area contributed by atoms with Crippen LogP contribution in [0.15, 0.2) is 30.3 Å². The van der Waals surface area contributed by atoms with Gasteiger partial charge in [-0.2, -0.15) is 0 Å². The van der Waals surface area contributed by atoms with E-state index < -0.39 is 11.9 Å². The van der Waals surface area contributed by atoms with Gasteiger partial charge in [0.2, 0.25) is 5.91 Å². The highest BCUT2D eigenvalue weighted by Crippen LogP contribution is 1.99. The van der Waals surface area contributed by atoms with Crippen molar-refractivity contribution in [2.45, 2.75) is 0 Å². The van der Waals surface area contributed by atoms with Crippen molar-refractivity contribution in [3.63, 3.8) is 0 Å². The molecule has 3 N–H and O–H groups in total. The van der Waals surface area contributed by atoms with E-state index in [0.717, 1.165) is 0 Å². The van der Waals surface area contributed by atoms with Crippen LogP contribution in [0.25, 0.3) is 0 Å². The van der Waals surface area contributed by atoms with E-state index in [2.05, 4.69) is 10.3 Å². The first-order chi connectivity index (χ1) is 6.70. The number of amides is 1. The number of carbonyl (C=O) groups excluding carboxylic acids is 2. The fourth-order valence-corrected chi connectivity index (χ4v) is 0.806. The summed E-state index contributed by atoms with van der Waals surface area (Å²) in [5.41, 5.74) is 7.39. The van der Waals surface area contributed by atoms with E-state index in [4.69, 9.17) is 5.73 Å². The summed E-state index contributed by atoms with van der Waals surface area (Å²) in [6.45, 7) is -0.196. The Kier molecular flexibility index (Phi) is 3.63. The van der Waals surface area contributed by atoms with Gasteiger partial charge in [-0.05, 0) is 12.1 Å². The van der Waals surface area contributed by atoms with Crippen molar-refractivity contribution in [1.29, 1.82) is 0 Å². The lowest BCUT2D eigenvalue weighted by Crippen LogP contribution is -2.30. The quantitative estimate of drug-likeness (QED) is 0.652. The molecule has 0 aliphatic rings. The molecule has 0 fully saturated rings. The lowest BCUT2D eigenvalue weighted by molar-refractivity contribution is -0.118. The van der Waals surface area contributed by atoms with Gasteiger partial charge in [-0.25, -0.2) is 4.79 Å². The van der Waals surface area contributed by atoms with E-state index in [1.165, 1.54) is 0 Å². The number of nitrogens with one attached hydrogen (secondary N) is 1. The van der Waals surface area contributed by atoms with Crippen LogP contribution in [0.3, 0.4) is 0 Å². The van der Waals surface area contributed by atoms with Gasteiger partial charge in [0.15, 0.2) is 0 Å². The molecule has 0 aromatic heterocycles. The molecular formula is C9H10N2O3. The summed E-state index contributed by atoms with van der Waals surface area (Å²) >= 11 is 0. The third-order valence-corrected chi connectivity index (χ3v) is 1.42. The van der Waals surface area contributed by atoms with Gasteiger partial charge >= 0.3 is 5.97 Å². The van der Waals surface area contributed by atoms with Gasteiger partial charge in [0.1, 0.15) is 6.54 Å². The highest BCUT2D eigenvalue weighted by Gasteiger charge is 2.05. The summed E-state index contributed by atoms with van der Waals surface area (Å²) in [7, 11) is 0. The minimum Gasteiger partial charge on any atom is -0.368 e. The van der Waals surface area contributed by atoms with Crippen LogP contribution in [0, 0.1) is 0 Å². The minimum absolute atomic E-state index is 0.196. The zero-order valence-corrected chi connectivity index (χ0v) is 7.40. The number of carbonyl (C=O) groups is 2. The molecule has 1 rings (SSSR count). The van der Waals surface area contributed by atoms with Crippen molar-refractivity contribution in [2.24, 2.45) is 5.73 Å². The molecule has 0 unspecified atom stereocenters. The smallest absolute Gasteiger partial charge is 0.356 e. The van der Waals surface area contributed by atoms with Gasteiger partial charge < -0.3 is 10.6 Å². The predicted octanol–water partition coefficient (Wildman–Crippen LogP) is -0.167. The standard InChI is InChI=1S/C9H10N2O3/c10-8(12)6-11-14-9(13)7-4-2-1-3-5-7/h1-5,11H,6H2,(H2,10,12). The van der Waals surface area contributed by atoms with Crippen LogP contribution in [0.4, 0.5) is 0 Å². The second kappa shape index (κ2) is 4.98. The zero-order valence-electron chi connectivity index (χ0n) is 7.40. The molecule has 0 spiro atoms. The van der Waals surface area contributed by atoms with Crippen LogP contribution in [0.1, 0.15) is 10.4 Å². The average Bonchev–Trinajstić information content (AvgIpc) is 2.18. The zero-order chi connectivity index (χ0) is 10.4. The van der Waals surface area contributed by atoms with Crippen molar-refractivity contribution >= 4 is 11.9 Å². The maximum absolute atomic E-state index is 11.2. The van der Waals surface area contributed by atoms with E-state index in [1.54, 1.807) is 30.3 Å². The van der Waals surface area contributed by atoms with E-state index in [0.29, 0.717) is 5.56 Å². The first kappa shape index (κ1) is 10.2. The summed E-state index contributed by atoms with van der Waals surface area (Å²) in [5, 5.41) is 0. The van der Waals surface area contributed by atoms with Crippen molar-refractivity contribution < 1.29 is 14.4 Å². The van der Waals surface area contributed by atoms with Crippen LogP contribution in [0.2, 0.25) is 0 Å². The second-order valence-corrected chi connectivity index (χ2v) is 2.54. The van der Waals surface area contributed by atoms with Crippen LogP contribution in [-0.2, 0) is 9.63 Å². The second-order valence-electron chi connectivity index (χ2n) is 2.54. The number of hydrogen-bond donors (Lipinski definition) is 2. The van der Waals surface area contributed by atoms with E-state index >= 15 is 0 Å². The molecular weight excluding hydrogens is 184 g/mol. The number of hydroxylamine groups is 1. The van der Waals surface area contributed by atoms with Gasteiger partial charge in [0, 0.05) is 0 Å². The SMILES string of the molecule is NC(=O)CNOC(=O)c1ccccc1. The van der Waals surface area contributed by atoms with Crippen LogP contribution < -0.4 is 11.2 Å². The molecule has 1 aromatic carbocycles. The van der Waals surface area contributed by atoms with Crippen molar-refractivity contribution in [3.8, 4) is 0 Å². The fourth-order valence-electron chi connectivity index (χ4n) is 0.806. The Hall–Kier alpha value is -1.88. The van der Waals surface area contributed by atoms with Crippen molar-refractivity contribution in [3.05, 3.63) is 35.9 Å². The number of rotatable bonds is 4. The van der Waals surface area contributed by atoms with Gasteiger partial charge in [-0.1, -0.05) is 18.2 Å². The fraction of sp³-hybridized carbons (Fsp3) is 0.111. The Morgan fingerprint density at radius 1 is 1.29 bits per heavy atom. The van der Waals surface area contributed by atoms with Gasteiger partial charge in [0.25, 0.3) is 0 Å². The lowest BCUT2D eigenvalue weighted by Gasteiger charge is -2.02. The topological polar surface area (TPSA) is 81.4 Å². The molecule has 14 heavy (non-hydrogen) atoms. The van der Waals surface area contributed by atoms with Crippen LogP contribution in [0.5, 0.6) is 0 Å². The molecule has 0 bridgehead atoms. The van der Waals surface area contributed by atoms with E-state index in [9.17, 15) is 9.59 Å². The molecule has 0 radical (unpaired) electrons. The largest absolute Gasteiger partial charge is 0.368 e. The van der Waals surface area contributed by atoms with Crippen LogP contribution in [-0.4, -0.2) is 18.4 Å². The highest BCUT2D eigenvalue weighted by atomic mass is 16.7. The van der Waals surface area contributed by atoms with E-state index in [1.807, 2.05) is 0 Å². The van der Waals surface area contributed by atoms with Crippen molar-refractivity contribution in [2.75, 3.05) is 6.54 Å². The molecule has 0 atom stereocenters. The van der Waals surface area contributed by atoms with Gasteiger partial charge in [0.05, 0.1) is 5.56 Å². The summed E-state index contributed by atoms with van der Waals surface area (Å²) < 4.78 is 0. The Morgan fingerprint density at radius 2 is 1.93 bits per heavy atom. The van der Waals surface area contributed by atoms with E-state index in [-0.39, 0.29) is 6.54 Å². The Balaban J connectivity index is 2.40. The summed E-state index contributed by atoms with van der Waals surface area (Å²) in [6.07, 6.45) is 0. The van der Waals surface area contributed by atoms with Gasteiger partial charge in [-0.15, -0.1) is 5.48 Å². The summed E-state index contributed by atoms with van der Waals surface area (Å²) in [5.74, 6) is -1.14. The van der Waals surface area contributed by atoms with Crippen LogP contribution >= 0.6 is 0 Å². The lowest BCUT2D eigenvalue weighted by atomic mass is 10.2. The molecule has 5 nitrogen and oxygen atoms in total. The molecule has 74 valence electrons.